The molecule has 2 N–H and O–H groups in total. The van der Waals surface area contributed by atoms with Crippen LogP contribution in [0.15, 0.2) is 24.3 Å². The maximum absolute atomic E-state index is 11.7. The molecule has 0 fully saturated rings. The van der Waals surface area contributed by atoms with Crippen LogP contribution in [-0.4, -0.2) is 35.9 Å². The van der Waals surface area contributed by atoms with E-state index in [0.717, 1.165) is 0 Å². The van der Waals surface area contributed by atoms with E-state index in [9.17, 15) is 14.4 Å². The van der Waals surface area contributed by atoms with Gasteiger partial charge in [0.25, 0.3) is 0 Å². The van der Waals surface area contributed by atoms with Crippen molar-refractivity contribution in [1.29, 1.82) is 0 Å². The molecule has 0 radical (unpaired) electrons. The van der Waals surface area contributed by atoms with E-state index in [-0.39, 0.29) is 29.3 Å². The van der Waals surface area contributed by atoms with E-state index in [0.29, 0.717) is 18.0 Å². The molecule has 7 heteroatoms. The van der Waals surface area contributed by atoms with Gasteiger partial charge in [-0.1, -0.05) is 0 Å². The van der Waals surface area contributed by atoms with Gasteiger partial charge >= 0.3 is 5.97 Å². The summed E-state index contributed by atoms with van der Waals surface area (Å²) in [5, 5.41) is 5.34. The van der Waals surface area contributed by atoms with Crippen LogP contribution in [-0.2, 0) is 19.1 Å². The molecule has 1 aromatic rings. The molecule has 1 aromatic carbocycles. The van der Waals surface area contributed by atoms with Crippen molar-refractivity contribution in [2.75, 3.05) is 28.7 Å². The molecule has 0 unspecified atom stereocenters. The van der Waals surface area contributed by atoms with Crippen molar-refractivity contribution < 1.29 is 19.1 Å². The van der Waals surface area contributed by atoms with Gasteiger partial charge in [0.2, 0.25) is 11.8 Å². The lowest BCUT2D eigenvalue weighted by atomic mass is 10.3. The number of ether oxygens (including phenoxy) is 1. The fourth-order valence-electron chi connectivity index (χ4n) is 1.47. The molecule has 0 heterocycles. The van der Waals surface area contributed by atoms with E-state index in [1.165, 1.54) is 18.7 Å². The summed E-state index contributed by atoms with van der Waals surface area (Å²) in [5.74, 6) is -0.344. The number of carbonyl (C=O) groups excluding carboxylic acids is 3. The molecule has 0 spiro atoms. The van der Waals surface area contributed by atoms with Crippen LogP contribution < -0.4 is 10.6 Å². The van der Waals surface area contributed by atoms with Gasteiger partial charge in [-0.15, -0.1) is 11.8 Å². The first kappa shape index (κ1) is 17.0. The number of amides is 2. The molecule has 0 saturated carbocycles. The van der Waals surface area contributed by atoms with Crippen LogP contribution in [0.25, 0.3) is 0 Å². The van der Waals surface area contributed by atoms with Crippen molar-refractivity contribution in [3.63, 3.8) is 0 Å². The molecule has 0 atom stereocenters. The molecule has 0 bridgehead atoms. The lowest BCUT2D eigenvalue weighted by molar-refractivity contribution is -0.139. The first-order valence-corrected chi connectivity index (χ1v) is 7.57. The normalized spacial score (nSPS) is 9.81. The zero-order valence-corrected chi connectivity index (χ0v) is 12.8. The summed E-state index contributed by atoms with van der Waals surface area (Å²) >= 11 is 1.20. The maximum Gasteiger partial charge on any atom is 0.315 e. The molecule has 0 aromatic heterocycles. The molecule has 6 nitrogen and oxygen atoms in total. The van der Waals surface area contributed by atoms with Crippen molar-refractivity contribution in [3.8, 4) is 0 Å². The Balaban J connectivity index is 2.34. The molecule has 0 saturated heterocycles. The second-order valence-electron chi connectivity index (χ2n) is 4.10. The van der Waals surface area contributed by atoms with Crippen molar-refractivity contribution >= 4 is 40.9 Å². The quantitative estimate of drug-likeness (QED) is 0.751. The highest BCUT2D eigenvalue weighted by molar-refractivity contribution is 8.00. The summed E-state index contributed by atoms with van der Waals surface area (Å²) in [6, 6.07) is 6.78. The Labute approximate surface area is 127 Å². The number of carbonyl (C=O) groups is 3. The van der Waals surface area contributed by atoms with Gasteiger partial charge in [-0.05, 0) is 31.2 Å². The third-order valence-electron chi connectivity index (χ3n) is 2.25. The molecule has 21 heavy (non-hydrogen) atoms. The second kappa shape index (κ2) is 9.02. The number of esters is 1. The predicted molar refractivity (Wildman–Crippen MR) is 83.3 cm³/mol. The Morgan fingerprint density at radius 3 is 2.14 bits per heavy atom. The molecule has 0 aliphatic heterocycles. The van der Waals surface area contributed by atoms with Crippen molar-refractivity contribution in [1.82, 2.24) is 0 Å². The minimum Gasteiger partial charge on any atom is -0.465 e. The summed E-state index contributed by atoms with van der Waals surface area (Å²) in [4.78, 5) is 33.6. The fourth-order valence-corrected chi connectivity index (χ4v) is 2.08. The smallest absolute Gasteiger partial charge is 0.315 e. The topological polar surface area (TPSA) is 84.5 Å². The molecule has 2 amide bonds. The number of rotatable bonds is 7. The molecular formula is C14H18N2O4S. The van der Waals surface area contributed by atoms with Crippen LogP contribution in [0.2, 0.25) is 0 Å². The highest BCUT2D eigenvalue weighted by Gasteiger charge is 2.06. The maximum atomic E-state index is 11.7. The Kier molecular flexibility index (Phi) is 7.31. The monoisotopic (exact) mass is 310 g/mol. The highest BCUT2D eigenvalue weighted by atomic mass is 32.2. The Morgan fingerprint density at radius 2 is 1.62 bits per heavy atom. The van der Waals surface area contributed by atoms with Gasteiger partial charge in [-0.3, -0.25) is 14.4 Å². The van der Waals surface area contributed by atoms with Crippen LogP contribution in [0.1, 0.15) is 13.8 Å². The van der Waals surface area contributed by atoms with Crippen LogP contribution in [0, 0.1) is 0 Å². The Hall–Kier alpha value is -2.02. The Bertz CT molecular complexity index is 502. The van der Waals surface area contributed by atoms with Gasteiger partial charge in [-0.25, -0.2) is 0 Å². The van der Waals surface area contributed by atoms with E-state index >= 15 is 0 Å². The van der Waals surface area contributed by atoms with Gasteiger partial charge in [-0.2, -0.15) is 0 Å². The van der Waals surface area contributed by atoms with Crippen LogP contribution in [0.5, 0.6) is 0 Å². The number of nitrogens with one attached hydrogen (secondary N) is 2. The van der Waals surface area contributed by atoms with Gasteiger partial charge in [0.15, 0.2) is 0 Å². The minimum absolute atomic E-state index is 0.151. The fraction of sp³-hybridized carbons (Fsp3) is 0.357. The summed E-state index contributed by atoms with van der Waals surface area (Å²) in [5.41, 5.74) is 1.29. The van der Waals surface area contributed by atoms with Crippen LogP contribution in [0.3, 0.4) is 0 Å². The summed E-state index contributed by atoms with van der Waals surface area (Å²) in [6.07, 6.45) is 0. The van der Waals surface area contributed by atoms with Crippen LogP contribution >= 0.6 is 11.8 Å². The average molecular weight is 310 g/mol. The summed E-state index contributed by atoms with van der Waals surface area (Å²) in [7, 11) is 0. The Morgan fingerprint density at radius 1 is 1.05 bits per heavy atom. The zero-order valence-electron chi connectivity index (χ0n) is 12.0. The van der Waals surface area contributed by atoms with Gasteiger partial charge in [0.1, 0.15) is 0 Å². The molecule has 1 rings (SSSR count). The van der Waals surface area contributed by atoms with Gasteiger partial charge < -0.3 is 15.4 Å². The standard InChI is InChI=1S/C14H18N2O4S/c1-3-20-14(19)9-21-8-13(18)16-12-6-4-11(5-7-12)15-10(2)17/h4-7H,3,8-9H2,1-2H3,(H,15,17)(H,16,18). The van der Waals surface area contributed by atoms with Crippen molar-refractivity contribution in [3.05, 3.63) is 24.3 Å². The second-order valence-corrected chi connectivity index (χ2v) is 5.09. The number of hydrogen-bond donors (Lipinski definition) is 2. The van der Waals surface area contributed by atoms with Gasteiger partial charge in [0.05, 0.1) is 18.1 Å². The number of anilines is 2. The molecule has 0 aliphatic carbocycles. The third-order valence-corrected chi connectivity index (χ3v) is 3.15. The van der Waals surface area contributed by atoms with E-state index in [2.05, 4.69) is 10.6 Å². The van der Waals surface area contributed by atoms with E-state index in [1.807, 2.05) is 0 Å². The largest absolute Gasteiger partial charge is 0.465 e. The molecular weight excluding hydrogens is 292 g/mol. The number of benzene rings is 1. The average Bonchev–Trinajstić information content (AvgIpc) is 2.40. The molecule has 0 aliphatic rings. The highest BCUT2D eigenvalue weighted by Crippen LogP contribution is 2.14. The molecule has 114 valence electrons. The first-order valence-electron chi connectivity index (χ1n) is 6.42. The van der Waals surface area contributed by atoms with E-state index in [4.69, 9.17) is 4.74 Å². The summed E-state index contributed by atoms with van der Waals surface area (Å²) in [6.45, 7) is 3.50. The SMILES string of the molecule is CCOC(=O)CSCC(=O)Nc1ccc(NC(C)=O)cc1. The lowest BCUT2D eigenvalue weighted by Crippen LogP contribution is -2.16. The van der Waals surface area contributed by atoms with E-state index < -0.39 is 0 Å². The first-order chi connectivity index (χ1) is 10.0. The van der Waals surface area contributed by atoms with E-state index in [1.54, 1.807) is 31.2 Å². The minimum atomic E-state index is -0.324. The van der Waals surface area contributed by atoms with Gasteiger partial charge in [0, 0.05) is 18.3 Å². The van der Waals surface area contributed by atoms with Crippen molar-refractivity contribution in [2.45, 2.75) is 13.8 Å². The third kappa shape index (κ3) is 7.36. The number of hydrogen-bond acceptors (Lipinski definition) is 5. The predicted octanol–water partition coefficient (Wildman–Crippen LogP) is 1.88. The van der Waals surface area contributed by atoms with Crippen LogP contribution in [0.4, 0.5) is 11.4 Å². The zero-order chi connectivity index (χ0) is 15.7. The summed E-state index contributed by atoms with van der Waals surface area (Å²) < 4.78 is 4.76. The lowest BCUT2D eigenvalue weighted by Gasteiger charge is -2.07. The van der Waals surface area contributed by atoms with Crippen molar-refractivity contribution in [2.24, 2.45) is 0 Å². The number of thioether (sulfide) groups is 1.